The normalized spacial score (nSPS) is 13.1. The third-order valence-electron chi connectivity index (χ3n) is 4.60. The van der Waals surface area contributed by atoms with Gasteiger partial charge in [0.25, 0.3) is 0 Å². The Bertz CT molecular complexity index is 954. The molecule has 2 rings (SSSR count). The van der Waals surface area contributed by atoms with Gasteiger partial charge in [0.2, 0.25) is 0 Å². The first-order chi connectivity index (χ1) is 12.9. The zero-order valence-electron chi connectivity index (χ0n) is 16.4. The molecule has 0 fully saturated rings. The van der Waals surface area contributed by atoms with E-state index in [-0.39, 0.29) is 22.6 Å². The molecule has 0 aliphatic heterocycles. The molecule has 2 aromatic rings. The average molecular weight is 451 g/mol. The molecule has 0 radical (unpaired) electrons. The molecule has 0 saturated heterocycles. The van der Waals surface area contributed by atoms with E-state index < -0.39 is 19.1 Å². The van der Waals surface area contributed by atoms with Crippen molar-refractivity contribution in [1.29, 1.82) is 0 Å². The Hall–Kier alpha value is -1.36. The molecule has 1 unspecified atom stereocenters. The molecule has 0 N–H and O–H groups in total. The van der Waals surface area contributed by atoms with E-state index in [1.54, 1.807) is 19.1 Å². The van der Waals surface area contributed by atoms with Gasteiger partial charge in [0, 0.05) is 10.6 Å². The third kappa shape index (κ3) is 4.61. The number of ether oxygens (including phenoxy) is 1. The predicted octanol–water partition coefficient (Wildman–Crippen LogP) is 5.66. The Morgan fingerprint density at radius 2 is 1.93 bits per heavy atom. The molecule has 0 aliphatic rings. The van der Waals surface area contributed by atoms with Crippen molar-refractivity contribution in [3.8, 4) is 11.3 Å². The molecule has 1 aromatic carbocycles. The highest BCUT2D eigenvalue weighted by Gasteiger charge is 2.28. The number of carbonyl (C=O) groups is 1. The lowest BCUT2D eigenvalue weighted by Crippen LogP contribution is -2.25. The van der Waals surface area contributed by atoms with Crippen LogP contribution in [0.25, 0.3) is 11.3 Å². The molecule has 0 spiro atoms. The van der Waals surface area contributed by atoms with Crippen molar-refractivity contribution < 1.29 is 18.3 Å². The highest BCUT2D eigenvalue weighted by molar-refractivity contribution is 7.73. The van der Waals surface area contributed by atoms with Crippen molar-refractivity contribution >= 4 is 42.4 Å². The summed E-state index contributed by atoms with van der Waals surface area (Å²) >= 11 is 12.6. The van der Waals surface area contributed by atoms with Crippen molar-refractivity contribution in [3.05, 3.63) is 39.3 Å². The maximum Gasteiger partial charge on any atom is 0.321 e. The van der Waals surface area contributed by atoms with Crippen molar-refractivity contribution in [2.45, 2.75) is 32.5 Å². The molecule has 154 valence electrons. The monoisotopic (exact) mass is 450 g/mol. The smallest absolute Gasteiger partial charge is 0.321 e. The molecule has 9 heteroatoms. The van der Waals surface area contributed by atoms with Crippen molar-refractivity contribution in [1.82, 2.24) is 9.55 Å². The highest BCUT2D eigenvalue weighted by atomic mass is 35.5. The summed E-state index contributed by atoms with van der Waals surface area (Å²) < 4.78 is 32.1. The van der Waals surface area contributed by atoms with E-state index in [2.05, 4.69) is 11.3 Å². The minimum Gasteiger partial charge on any atom is -0.469 e. The molecule has 0 amide bonds. The van der Waals surface area contributed by atoms with E-state index in [1.165, 1.54) is 14.0 Å². The molecule has 4 nitrogen and oxygen atoms in total. The van der Waals surface area contributed by atoms with Crippen LogP contribution in [0.1, 0.15) is 23.5 Å². The quantitative estimate of drug-likeness (QED) is 0.421. The lowest BCUT2D eigenvalue weighted by Gasteiger charge is -2.25. The maximum absolute atomic E-state index is 13.3. The topological polar surface area (TPSA) is 44.1 Å². The second-order valence-corrected chi connectivity index (χ2v) is 12.2. The van der Waals surface area contributed by atoms with E-state index in [9.17, 15) is 13.6 Å². The molecule has 1 heterocycles. The van der Waals surface area contributed by atoms with Crippen LogP contribution in [0.15, 0.2) is 12.1 Å². The number of carbonyl (C=O) groups excluding carboxylic acids is 1. The highest BCUT2D eigenvalue weighted by Crippen LogP contribution is 2.45. The second-order valence-electron chi connectivity index (χ2n) is 7.23. The number of hydrogen-bond donors (Lipinski definition) is 0. The van der Waals surface area contributed by atoms with Gasteiger partial charge in [0.1, 0.15) is 16.7 Å². The number of benzene rings is 1. The van der Waals surface area contributed by atoms with Crippen LogP contribution in [0, 0.1) is 13.8 Å². The number of imidazole rings is 1. The number of hydrogen-bond acceptors (Lipinski definition) is 3. The van der Waals surface area contributed by atoms with Crippen molar-refractivity contribution in [3.63, 3.8) is 0 Å². The number of rotatable bonds is 6. The Balaban J connectivity index is 2.59. The summed E-state index contributed by atoms with van der Waals surface area (Å²) in [5.41, 5.74) is 1.85. The Kier molecular flexibility index (Phi) is 7.01. The van der Waals surface area contributed by atoms with Crippen LogP contribution in [0.5, 0.6) is 0 Å². The number of esters is 1. The van der Waals surface area contributed by atoms with Crippen molar-refractivity contribution in [2.75, 3.05) is 20.4 Å². The number of nitrogens with zero attached hydrogens (tertiary/aromatic N) is 2. The number of methoxy groups -OCH3 is 1. The molecule has 0 aliphatic carbocycles. The standard InChI is InChI=1S/C19H23Cl2F2N2O2P/c1-10-7-14(20)12(9-15(18(26)27-3)28(4,5)6)8-13(10)16-17(21)25(19(22)23)11(2)24-16/h7-8,15,19H,4,9H2,1-3,5-6H3. The zero-order chi connectivity index (χ0) is 21.4. The average Bonchev–Trinajstić information content (AvgIpc) is 2.86. The molecule has 28 heavy (non-hydrogen) atoms. The van der Waals surface area contributed by atoms with Gasteiger partial charge >= 0.3 is 12.5 Å². The fourth-order valence-electron chi connectivity index (χ4n) is 3.01. The van der Waals surface area contributed by atoms with Gasteiger partial charge in [0.05, 0.1) is 12.8 Å². The summed E-state index contributed by atoms with van der Waals surface area (Å²) in [5, 5.41) is 0.336. The molecular weight excluding hydrogens is 428 g/mol. The van der Waals surface area contributed by atoms with Gasteiger partial charge in [-0.1, -0.05) is 23.2 Å². The van der Waals surface area contributed by atoms with Gasteiger partial charge in [0.15, 0.2) is 0 Å². The summed E-state index contributed by atoms with van der Waals surface area (Å²) in [6.07, 6.45) is 4.49. The first-order valence-corrected chi connectivity index (χ1v) is 12.2. The summed E-state index contributed by atoms with van der Waals surface area (Å²) in [4.78, 5) is 16.5. The Labute approximate surface area is 173 Å². The third-order valence-corrected chi connectivity index (χ3v) is 7.40. The van der Waals surface area contributed by atoms with E-state index in [0.29, 0.717) is 27.1 Å². The zero-order valence-corrected chi connectivity index (χ0v) is 18.8. The lowest BCUT2D eigenvalue weighted by atomic mass is 10.00. The van der Waals surface area contributed by atoms with Crippen LogP contribution in [-0.2, 0) is 16.0 Å². The van der Waals surface area contributed by atoms with E-state index in [0.717, 1.165) is 5.56 Å². The molecular formula is C19H23Cl2F2N2O2P. The summed E-state index contributed by atoms with van der Waals surface area (Å²) in [6.45, 7) is 2.53. The van der Waals surface area contributed by atoms with E-state index in [4.69, 9.17) is 27.9 Å². The van der Waals surface area contributed by atoms with Crippen LogP contribution in [0.4, 0.5) is 8.78 Å². The van der Waals surface area contributed by atoms with Crippen LogP contribution in [0.2, 0.25) is 10.2 Å². The number of aryl methyl sites for hydroxylation is 2. The summed E-state index contributed by atoms with van der Waals surface area (Å²) in [6, 6.07) is 3.48. The minimum absolute atomic E-state index is 0.114. The maximum atomic E-state index is 13.3. The van der Waals surface area contributed by atoms with Gasteiger partial charge in [-0.2, -0.15) is 8.78 Å². The lowest BCUT2D eigenvalue weighted by molar-refractivity contribution is -0.140. The number of halogens is 4. The summed E-state index contributed by atoms with van der Waals surface area (Å²) in [7, 11) is 1.34. The second kappa shape index (κ2) is 8.56. The van der Waals surface area contributed by atoms with Gasteiger partial charge in [-0.15, -0.1) is 13.2 Å². The van der Waals surface area contributed by atoms with Gasteiger partial charge in [-0.3, -0.25) is 9.36 Å². The first kappa shape index (κ1) is 22.9. The Morgan fingerprint density at radius 3 is 2.39 bits per heavy atom. The predicted molar refractivity (Wildman–Crippen MR) is 114 cm³/mol. The van der Waals surface area contributed by atoms with Gasteiger partial charge < -0.3 is 4.74 Å². The minimum atomic E-state index is -2.79. The Morgan fingerprint density at radius 1 is 1.32 bits per heavy atom. The fourth-order valence-corrected chi connectivity index (χ4v) is 5.01. The molecule has 0 saturated carbocycles. The molecule has 1 atom stereocenters. The van der Waals surface area contributed by atoms with Crippen molar-refractivity contribution in [2.24, 2.45) is 0 Å². The van der Waals surface area contributed by atoms with E-state index in [1.807, 2.05) is 13.3 Å². The van der Waals surface area contributed by atoms with Gasteiger partial charge in [-0.25, -0.2) is 4.98 Å². The fraction of sp³-hybridized carbons (Fsp3) is 0.421. The van der Waals surface area contributed by atoms with Crippen LogP contribution >= 0.6 is 30.1 Å². The van der Waals surface area contributed by atoms with Crippen LogP contribution < -0.4 is 0 Å². The number of alkyl halides is 2. The molecule has 0 bridgehead atoms. The largest absolute Gasteiger partial charge is 0.469 e. The van der Waals surface area contributed by atoms with Crippen LogP contribution in [-0.4, -0.2) is 47.9 Å². The SMILES string of the molecule is C=P(C)(C)C(Cc1cc(-c2nc(C)n(C(F)F)c2Cl)c(C)cc1Cl)C(=O)OC. The summed E-state index contributed by atoms with van der Waals surface area (Å²) in [5.74, 6) is -0.231. The van der Waals surface area contributed by atoms with Crippen LogP contribution in [0.3, 0.4) is 0 Å². The first-order valence-electron chi connectivity index (χ1n) is 8.46. The van der Waals surface area contributed by atoms with Gasteiger partial charge in [-0.05, 0) is 56.9 Å². The number of aromatic nitrogens is 2. The van der Waals surface area contributed by atoms with E-state index >= 15 is 0 Å². The molecule has 1 aromatic heterocycles.